The van der Waals surface area contributed by atoms with Crippen LogP contribution in [0.5, 0.6) is 0 Å². The van der Waals surface area contributed by atoms with Gasteiger partial charge in [-0.25, -0.2) is 4.79 Å². The van der Waals surface area contributed by atoms with Crippen molar-refractivity contribution >= 4 is 6.09 Å². The summed E-state index contributed by atoms with van der Waals surface area (Å²) in [6.07, 6.45) is 4.75. The Hall–Kier alpha value is -1.29. The standard InChI is InChI=1S/C11H19NO3/c1-4-6-7-9(5-2)10(8-13)12-11(14)15-3/h4-5,10,13H,1,6-8H2,2-3H3,(H,12,14)/b9-5+/t10-/m0/s1. The Morgan fingerprint density at radius 1 is 1.67 bits per heavy atom. The summed E-state index contributed by atoms with van der Waals surface area (Å²) >= 11 is 0. The molecule has 0 aromatic carbocycles. The Balaban J connectivity index is 4.34. The fourth-order valence-corrected chi connectivity index (χ4v) is 1.25. The molecule has 0 rings (SSSR count). The van der Waals surface area contributed by atoms with E-state index in [1.165, 1.54) is 7.11 Å². The molecular weight excluding hydrogens is 194 g/mol. The third-order valence-corrected chi connectivity index (χ3v) is 2.12. The first-order valence-corrected chi connectivity index (χ1v) is 4.90. The Labute approximate surface area is 90.6 Å². The predicted molar refractivity (Wildman–Crippen MR) is 59.6 cm³/mol. The van der Waals surface area contributed by atoms with Gasteiger partial charge in [-0.3, -0.25) is 0 Å². The van der Waals surface area contributed by atoms with E-state index in [0.29, 0.717) is 0 Å². The second kappa shape index (κ2) is 8.05. The van der Waals surface area contributed by atoms with Crippen LogP contribution in [0.2, 0.25) is 0 Å². The molecule has 0 spiro atoms. The summed E-state index contributed by atoms with van der Waals surface area (Å²) in [5, 5.41) is 11.7. The van der Waals surface area contributed by atoms with E-state index in [4.69, 9.17) is 5.11 Å². The maximum atomic E-state index is 11.0. The molecule has 0 aromatic rings. The van der Waals surface area contributed by atoms with Gasteiger partial charge < -0.3 is 15.2 Å². The number of hydrogen-bond acceptors (Lipinski definition) is 3. The second-order valence-corrected chi connectivity index (χ2v) is 3.06. The Kier molecular flexibility index (Phi) is 7.36. The summed E-state index contributed by atoms with van der Waals surface area (Å²) in [5.74, 6) is 0. The van der Waals surface area contributed by atoms with Crippen molar-refractivity contribution < 1.29 is 14.6 Å². The van der Waals surface area contributed by atoms with Crippen LogP contribution < -0.4 is 5.32 Å². The first kappa shape index (κ1) is 13.7. The molecule has 0 heterocycles. The van der Waals surface area contributed by atoms with Crippen LogP contribution >= 0.6 is 0 Å². The van der Waals surface area contributed by atoms with E-state index in [9.17, 15) is 4.79 Å². The van der Waals surface area contributed by atoms with Crippen LogP contribution in [0, 0.1) is 0 Å². The van der Waals surface area contributed by atoms with Crippen LogP contribution in [-0.2, 0) is 4.74 Å². The molecule has 0 unspecified atom stereocenters. The lowest BCUT2D eigenvalue weighted by atomic mass is 10.0. The van der Waals surface area contributed by atoms with Crippen molar-refractivity contribution in [2.75, 3.05) is 13.7 Å². The fourth-order valence-electron chi connectivity index (χ4n) is 1.25. The quantitative estimate of drug-likeness (QED) is 0.659. The molecular formula is C11H19NO3. The van der Waals surface area contributed by atoms with Gasteiger partial charge in [0, 0.05) is 0 Å². The van der Waals surface area contributed by atoms with Crippen molar-refractivity contribution in [1.82, 2.24) is 5.32 Å². The number of alkyl carbamates (subject to hydrolysis) is 1. The number of methoxy groups -OCH3 is 1. The Morgan fingerprint density at radius 3 is 2.73 bits per heavy atom. The van der Waals surface area contributed by atoms with Gasteiger partial charge in [-0.05, 0) is 25.3 Å². The molecule has 1 atom stereocenters. The molecule has 2 N–H and O–H groups in total. The number of nitrogens with one attached hydrogen (secondary N) is 1. The number of rotatable bonds is 6. The third-order valence-electron chi connectivity index (χ3n) is 2.12. The molecule has 4 nitrogen and oxygen atoms in total. The van der Waals surface area contributed by atoms with Crippen LogP contribution in [-0.4, -0.2) is 31.0 Å². The molecule has 0 aliphatic carbocycles. The SMILES string of the molecule is C=CCC/C(=C\C)[C@H](CO)NC(=O)OC. The highest BCUT2D eigenvalue weighted by Crippen LogP contribution is 2.10. The van der Waals surface area contributed by atoms with Crippen LogP contribution in [0.4, 0.5) is 4.79 Å². The minimum Gasteiger partial charge on any atom is -0.453 e. The van der Waals surface area contributed by atoms with Gasteiger partial charge in [0.15, 0.2) is 0 Å². The molecule has 0 aliphatic rings. The largest absolute Gasteiger partial charge is 0.453 e. The number of ether oxygens (including phenoxy) is 1. The molecule has 1 amide bonds. The van der Waals surface area contributed by atoms with Gasteiger partial charge in [0.05, 0.1) is 19.8 Å². The van der Waals surface area contributed by atoms with Gasteiger partial charge in [-0.1, -0.05) is 12.2 Å². The summed E-state index contributed by atoms with van der Waals surface area (Å²) in [7, 11) is 1.29. The fraction of sp³-hybridized carbons (Fsp3) is 0.545. The maximum Gasteiger partial charge on any atom is 0.407 e. The average molecular weight is 213 g/mol. The van der Waals surface area contributed by atoms with E-state index < -0.39 is 6.09 Å². The number of carbonyl (C=O) groups is 1. The highest BCUT2D eigenvalue weighted by molar-refractivity contribution is 5.67. The second-order valence-electron chi connectivity index (χ2n) is 3.06. The van der Waals surface area contributed by atoms with Crippen molar-refractivity contribution in [3.05, 3.63) is 24.3 Å². The van der Waals surface area contributed by atoms with Crippen molar-refractivity contribution in [3.63, 3.8) is 0 Å². The van der Waals surface area contributed by atoms with Crippen LogP contribution in [0.25, 0.3) is 0 Å². The normalized spacial score (nSPS) is 13.1. The van der Waals surface area contributed by atoms with Gasteiger partial charge in [0.2, 0.25) is 0 Å². The highest BCUT2D eigenvalue weighted by atomic mass is 16.5. The van der Waals surface area contributed by atoms with E-state index in [1.54, 1.807) is 6.08 Å². The molecule has 4 heteroatoms. The molecule has 0 saturated carbocycles. The molecule has 0 aliphatic heterocycles. The lowest BCUT2D eigenvalue weighted by Crippen LogP contribution is -2.38. The first-order valence-electron chi connectivity index (χ1n) is 4.90. The molecule has 0 radical (unpaired) electrons. The molecule has 15 heavy (non-hydrogen) atoms. The van der Waals surface area contributed by atoms with Gasteiger partial charge in [0.1, 0.15) is 0 Å². The van der Waals surface area contributed by atoms with Gasteiger partial charge in [-0.2, -0.15) is 0 Å². The average Bonchev–Trinajstić information content (AvgIpc) is 2.27. The van der Waals surface area contributed by atoms with Crippen molar-refractivity contribution in [3.8, 4) is 0 Å². The number of allylic oxidation sites excluding steroid dienone is 2. The van der Waals surface area contributed by atoms with Crippen LogP contribution in [0.1, 0.15) is 19.8 Å². The van der Waals surface area contributed by atoms with Crippen molar-refractivity contribution in [2.45, 2.75) is 25.8 Å². The third kappa shape index (κ3) is 5.22. The summed E-state index contributed by atoms with van der Waals surface area (Å²) in [6, 6.07) is -0.373. The zero-order valence-electron chi connectivity index (χ0n) is 9.32. The van der Waals surface area contributed by atoms with E-state index in [1.807, 2.05) is 13.0 Å². The zero-order valence-corrected chi connectivity index (χ0v) is 9.32. The van der Waals surface area contributed by atoms with Crippen molar-refractivity contribution in [1.29, 1.82) is 0 Å². The predicted octanol–water partition coefficient (Wildman–Crippen LogP) is 1.62. The zero-order chi connectivity index (χ0) is 11.7. The van der Waals surface area contributed by atoms with Crippen LogP contribution in [0.3, 0.4) is 0 Å². The number of hydrogen-bond donors (Lipinski definition) is 2. The number of carbonyl (C=O) groups excluding carboxylic acids is 1. The van der Waals surface area contributed by atoms with E-state index in [2.05, 4.69) is 16.6 Å². The molecule has 0 fully saturated rings. The van der Waals surface area contributed by atoms with E-state index >= 15 is 0 Å². The molecule has 0 aromatic heterocycles. The molecule has 86 valence electrons. The topological polar surface area (TPSA) is 58.6 Å². The number of amides is 1. The van der Waals surface area contributed by atoms with E-state index in [0.717, 1.165) is 18.4 Å². The number of aliphatic hydroxyl groups excluding tert-OH is 1. The van der Waals surface area contributed by atoms with Gasteiger partial charge >= 0.3 is 6.09 Å². The van der Waals surface area contributed by atoms with Gasteiger partial charge in [0.25, 0.3) is 0 Å². The lowest BCUT2D eigenvalue weighted by Gasteiger charge is -2.18. The van der Waals surface area contributed by atoms with E-state index in [-0.39, 0.29) is 12.6 Å². The summed E-state index contributed by atoms with van der Waals surface area (Å²) in [6.45, 7) is 5.37. The Bertz CT molecular complexity index is 236. The van der Waals surface area contributed by atoms with Gasteiger partial charge in [-0.15, -0.1) is 6.58 Å². The molecule has 0 bridgehead atoms. The first-order chi connectivity index (χ1) is 7.19. The Morgan fingerprint density at radius 2 is 2.33 bits per heavy atom. The highest BCUT2D eigenvalue weighted by Gasteiger charge is 2.14. The summed E-state index contributed by atoms with van der Waals surface area (Å²) in [5.41, 5.74) is 0.975. The minimum absolute atomic E-state index is 0.133. The van der Waals surface area contributed by atoms with Crippen LogP contribution in [0.15, 0.2) is 24.3 Å². The van der Waals surface area contributed by atoms with Crippen molar-refractivity contribution in [2.24, 2.45) is 0 Å². The summed E-state index contributed by atoms with van der Waals surface area (Å²) in [4.78, 5) is 11.0. The maximum absolute atomic E-state index is 11.0. The lowest BCUT2D eigenvalue weighted by molar-refractivity contribution is 0.160. The summed E-state index contributed by atoms with van der Waals surface area (Å²) < 4.78 is 4.47. The monoisotopic (exact) mass is 213 g/mol. The number of aliphatic hydroxyl groups is 1. The minimum atomic E-state index is -0.535. The smallest absolute Gasteiger partial charge is 0.407 e. The molecule has 0 saturated heterocycles.